The highest BCUT2D eigenvalue weighted by Gasteiger charge is 2.19. The van der Waals surface area contributed by atoms with Crippen molar-refractivity contribution >= 4 is 5.96 Å². The molecule has 6 nitrogen and oxygen atoms in total. The predicted molar refractivity (Wildman–Crippen MR) is 98.3 cm³/mol. The molecular formula is C17H38N4O2. The van der Waals surface area contributed by atoms with Crippen molar-refractivity contribution in [2.24, 2.45) is 4.99 Å². The Labute approximate surface area is 143 Å². The van der Waals surface area contributed by atoms with Gasteiger partial charge in [-0.1, -0.05) is 13.3 Å². The van der Waals surface area contributed by atoms with Crippen LogP contribution >= 0.6 is 0 Å². The molecule has 23 heavy (non-hydrogen) atoms. The van der Waals surface area contributed by atoms with E-state index in [0.29, 0.717) is 19.8 Å². The predicted octanol–water partition coefficient (Wildman–Crippen LogP) is 1.72. The molecule has 0 bridgehead atoms. The summed E-state index contributed by atoms with van der Waals surface area (Å²) in [6.45, 7) is 13.7. The smallest absolute Gasteiger partial charge is 0.191 e. The Morgan fingerprint density at radius 2 is 1.65 bits per heavy atom. The number of aliphatic imine (C=N–C) groups is 1. The number of hydrogen-bond acceptors (Lipinski definition) is 4. The van der Waals surface area contributed by atoms with Crippen molar-refractivity contribution in [3.63, 3.8) is 0 Å². The molecule has 0 radical (unpaired) electrons. The fourth-order valence-electron chi connectivity index (χ4n) is 1.57. The molecule has 0 aromatic heterocycles. The minimum absolute atomic E-state index is 0.0364. The fraction of sp³-hybridized carbons (Fsp3) is 0.941. The number of nitrogens with one attached hydrogen (secondary N) is 2. The summed E-state index contributed by atoms with van der Waals surface area (Å²) in [4.78, 5) is 6.83. The Hall–Kier alpha value is -0.850. The summed E-state index contributed by atoms with van der Waals surface area (Å²) < 4.78 is 11.0. The van der Waals surface area contributed by atoms with E-state index in [0.717, 1.165) is 38.6 Å². The van der Waals surface area contributed by atoms with Crippen molar-refractivity contribution in [2.75, 3.05) is 60.2 Å². The molecule has 0 aromatic rings. The summed E-state index contributed by atoms with van der Waals surface area (Å²) in [5.41, 5.74) is 0.0364. The molecule has 0 aliphatic carbocycles. The maximum absolute atomic E-state index is 5.55. The highest BCUT2D eigenvalue weighted by Crippen LogP contribution is 2.09. The molecule has 0 fully saturated rings. The van der Waals surface area contributed by atoms with Crippen LogP contribution < -0.4 is 10.6 Å². The largest absolute Gasteiger partial charge is 0.379 e. The SMILES string of the molecule is CCCCOCCOCCNC(=NCC(C)(C)N(C)C)NCC. The third-order valence-corrected chi connectivity index (χ3v) is 3.73. The van der Waals surface area contributed by atoms with E-state index in [1.807, 2.05) is 0 Å². The van der Waals surface area contributed by atoms with E-state index in [2.05, 4.69) is 62.3 Å². The molecule has 0 aliphatic heterocycles. The van der Waals surface area contributed by atoms with E-state index in [4.69, 9.17) is 9.47 Å². The van der Waals surface area contributed by atoms with Gasteiger partial charge in [0.25, 0.3) is 0 Å². The monoisotopic (exact) mass is 330 g/mol. The van der Waals surface area contributed by atoms with Crippen molar-refractivity contribution in [1.82, 2.24) is 15.5 Å². The second-order valence-corrected chi connectivity index (χ2v) is 6.41. The average molecular weight is 331 g/mol. The number of guanidine groups is 1. The minimum atomic E-state index is 0.0364. The van der Waals surface area contributed by atoms with Gasteiger partial charge in [-0.3, -0.25) is 4.99 Å². The zero-order valence-corrected chi connectivity index (χ0v) is 16.1. The van der Waals surface area contributed by atoms with E-state index in [1.54, 1.807) is 0 Å². The Balaban J connectivity index is 3.88. The number of nitrogens with zero attached hydrogens (tertiary/aromatic N) is 2. The number of unbranched alkanes of at least 4 members (excludes halogenated alkanes) is 1. The number of ether oxygens (including phenoxy) is 2. The van der Waals surface area contributed by atoms with Gasteiger partial charge in [-0.2, -0.15) is 0 Å². The molecule has 0 atom stereocenters. The van der Waals surface area contributed by atoms with Crippen LogP contribution in [0.15, 0.2) is 4.99 Å². The van der Waals surface area contributed by atoms with Crippen LogP contribution in [0.4, 0.5) is 0 Å². The fourth-order valence-corrected chi connectivity index (χ4v) is 1.57. The van der Waals surface area contributed by atoms with Crippen molar-refractivity contribution in [3.8, 4) is 0 Å². The first kappa shape index (κ1) is 22.1. The molecule has 0 unspecified atom stereocenters. The van der Waals surface area contributed by atoms with Crippen molar-refractivity contribution < 1.29 is 9.47 Å². The summed E-state index contributed by atoms with van der Waals surface area (Å²) in [5, 5.41) is 6.56. The topological polar surface area (TPSA) is 58.1 Å². The highest BCUT2D eigenvalue weighted by atomic mass is 16.5. The van der Waals surface area contributed by atoms with Gasteiger partial charge in [0, 0.05) is 25.2 Å². The second-order valence-electron chi connectivity index (χ2n) is 6.41. The summed E-state index contributed by atoms with van der Waals surface area (Å²) in [6.07, 6.45) is 2.29. The van der Waals surface area contributed by atoms with Gasteiger partial charge >= 0.3 is 0 Å². The van der Waals surface area contributed by atoms with Gasteiger partial charge in [0.1, 0.15) is 0 Å². The third-order valence-electron chi connectivity index (χ3n) is 3.73. The van der Waals surface area contributed by atoms with Crippen LogP contribution in [-0.4, -0.2) is 76.6 Å². The van der Waals surface area contributed by atoms with Gasteiger partial charge in [-0.15, -0.1) is 0 Å². The van der Waals surface area contributed by atoms with Gasteiger partial charge in [0.15, 0.2) is 5.96 Å². The first-order valence-corrected chi connectivity index (χ1v) is 8.79. The summed E-state index contributed by atoms with van der Waals surface area (Å²) in [7, 11) is 4.15. The standard InChI is InChI=1S/C17H38N4O2/c1-7-9-11-22-13-14-23-12-10-19-16(18-8-2)20-15-17(3,4)21(5)6/h7-15H2,1-6H3,(H2,18,19,20). The lowest BCUT2D eigenvalue weighted by Gasteiger charge is -2.31. The molecule has 0 aromatic carbocycles. The van der Waals surface area contributed by atoms with Gasteiger partial charge in [0.05, 0.1) is 26.4 Å². The maximum Gasteiger partial charge on any atom is 0.191 e. The van der Waals surface area contributed by atoms with Crippen molar-refractivity contribution in [2.45, 2.75) is 46.1 Å². The molecule has 0 heterocycles. The van der Waals surface area contributed by atoms with Gasteiger partial charge in [-0.05, 0) is 41.3 Å². The lowest BCUT2D eigenvalue weighted by Crippen LogP contribution is -2.44. The van der Waals surface area contributed by atoms with Crippen LogP contribution in [0.3, 0.4) is 0 Å². The van der Waals surface area contributed by atoms with Gasteiger partial charge < -0.3 is 25.0 Å². The molecule has 6 heteroatoms. The third kappa shape index (κ3) is 12.3. The Bertz CT molecular complexity index is 307. The van der Waals surface area contributed by atoms with Gasteiger partial charge in [-0.25, -0.2) is 0 Å². The van der Waals surface area contributed by atoms with Gasteiger partial charge in [0.2, 0.25) is 0 Å². The zero-order valence-electron chi connectivity index (χ0n) is 16.1. The van der Waals surface area contributed by atoms with Crippen LogP contribution in [-0.2, 0) is 9.47 Å². The summed E-state index contributed by atoms with van der Waals surface area (Å²) >= 11 is 0. The molecule has 0 saturated heterocycles. The molecule has 0 aliphatic rings. The molecule has 2 N–H and O–H groups in total. The average Bonchev–Trinajstić information content (AvgIpc) is 2.50. The number of likely N-dealkylation sites (N-methyl/N-ethyl adjacent to an activating group) is 1. The maximum atomic E-state index is 5.55. The summed E-state index contributed by atoms with van der Waals surface area (Å²) in [6, 6.07) is 0. The molecular weight excluding hydrogens is 292 g/mol. The minimum Gasteiger partial charge on any atom is -0.379 e. The lowest BCUT2D eigenvalue weighted by molar-refractivity contribution is 0.0487. The van der Waals surface area contributed by atoms with Crippen molar-refractivity contribution in [1.29, 1.82) is 0 Å². The van der Waals surface area contributed by atoms with Crippen LogP contribution in [0.25, 0.3) is 0 Å². The number of hydrogen-bond donors (Lipinski definition) is 2. The lowest BCUT2D eigenvalue weighted by atomic mass is 10.1. The van der Waals surface area contributed by atoms with Crippen molar-refractivity contribution in [3.05, 3.63) is 0 Å². The molecule has 0 rings (SSSR count). The molecule has 0 amide bonds. The van der Waals surface area contributed by atoms with E-state index in [9.17, 15) is 0 Å². The molecule has 0 saturated carbocycles. The Morgan fingerprint density at radius 3 is 2.22 bits per heavy atom. The molecule has 138 valence electrons. The Kier molecular flexibility index (Phi) is 13.1. The quantitative estimate of drug-likeness (QED) is 0.306. The molecule has 0 spiro atoms. The van der Waals surface area contributed by atoms with E-state index >= 15 is 0 Å². The second kappa shape index (κ2) is 13.6. The van der Waals surface area contributed by atoms with E-state index in [-0.39, 0.29) is 5.54 Å². The number of rotatable bonds is 13. The van der Waals surface area contributed by atoms with Crippen LogP contribution in [0.2, 0.25) is 0 Å². The summed E-state index contributed by atoms with van der Waals surface area (Å²) in [5.74, 6) is 0.838. The normalized spacial score (nSPS) is 12.7. The first-order valence-electron chi connectivity index (χ1n) is 8.79. The van der Waals surface area contributed by atoms with E-state index in [1.165, 1.54) is 6.42 Å². The zero-order chi connectivity index (χ0) is 17.6. The highest BCUT2D eigenvalue weighted by molar-refractivity contribution is 5.79. The first-order chi connectivity index (χ1) is 10.9. The van der Waals surface area contributed by atoms with Crippen LogP contribution in [0.1, 0.15) is 40.5 Å². The van der Waals surface area contributed by atoms with E-state index < -0.39 is 0 Å². The van der Waals surface area contributed by atoms with Crippen LogP contribution in [0.5, 0.6) is 0 Å². The van der Waals surface area contributed by atoms with Crippen LogP contribution in [0, 0.1) is 0 Å². The Morgan fingerprint density at radius 1 is 1.00 bits per heavy atom.